The Bertz CT molecular complexity index is 1150. The van der Waals surface area contributed by atoms with Gasteiger partial charge in [-0.3, -0.25) is 4.79 Å². The van der Waals surface area contributed by atoms with E-state index < -0.39 is 0 Å². The number of carbonyl (C=O) groups excluding carboxylic acids is 1. The summed E-state index contributed by atoms with van der Waals surface area (Å²) in [7, 11) is 3.18. The highest BCUT2D eigenvalue weighted by Gasteiger charge is 2.15. The molecule has 1 aliphatic rings. The van der Waals surface area contributed by atoms with Crippen molar-refractivity contribution >= 4 is 35.4 Å². The van der Waals surface area contributed by atoms with Crippen molar-refractivity contribution in [3.8, 4) is 5.75 Å². The van der Waals surface area contributed by atoms with Gasteiger partial charge in [-0.15, -0.1) is 0 Å². The second-order valence-corrected chi connectivity index (χ2v) is 8.34. The molecule has 0 unspecified atom stereocenters. The SMILES string of the molecule is CCN1CCN(c2ccc(Nc3ncc(C=Cc4cc(OC)cc(C(=O)NC)c4)cn3)cc2)CC1. The van der Waals surface area contributed by atoms with E-state index in [1.54, 1.807) is 32.6 Å². The van der Waals surface area contributed by atoms with Gasteiger partial charge in [-0.05, 0) is 54.6 Å². The Morgan fingerprint density at radius 2 is 1.69 bits per heavy atom. The molecule has 0 bridgehead atoms. The van der Waals surface area contributed by atoms with E-state index in [9.17, 15) is 4.79 Å². The van der Waals surface area contributed by atoms with Gasteiger partial charge in [-0.1, -0.05) is 19.1 Å². The Morgan fingerprint density at radius 1 is 1.00 bits per heavy atom. The zero-order valence-corrected chi connectivity index (χ0v) is 20.5. The molecular formula is C27H32N6O2. The van der Waals surface area contributed by atoms with Crippen molar-refractivity contribution in [1.82, 2.24) is 20.2 Å². The van der Waals surface area contributed by atoms with E-state index >= 15 is 0 Å². The molecule has 0 atom stereocenters. The fourth-order valence-electron chi connectivity index (χ4n) is 4.00. The van der Waals surface area contributed by atoms with Crippen molar-refractivity contribution in [2.75, 3.05) is 57.1 Å². The first-order valence-electron chi connectivity index (χ1n) is 11.8. The van der Waals surface area contributed by atoms with Gasteiger partial charge >= 0.3 is 0 Å². The maximum Gasteiger partial charge on any atom is 0.251 e. The van der Waals surface area contributed by atoms with Crippen LogP contribution in [0.15, 0.2) is 54.9 Å². The number of methoxy groups -OCH3 is 1. The third-order valence-corrected chi connectivity index (χ3v) is 6.10. The van der Waals surface area contributed by atoms with Gasteiger partial charge in [0.1, 0.15) is 5.75 Å². The van der Waals surface area contributed by atoms with Gasteiger partial charge in [0.2, 0.25) is 5.95 Å². The van der Waals surface area contributed by atoms with Crippen LogP contribution in [0.5, 0.6) is 5.75 Å². The first-order chi connectivity index (χ1) is 17.1. The number of nitrogens with one attached hydrogen (secondary N) is 2. The Balaban J connectivity index is 1.37. The molecule has 0 saturated carbocycles. The van der Waals surface area contributed by atoms with Crippen molar-refractivity contribution in [2.45, 2.75) is 6.92 Å². The smallest absolute Gasteiger partial charge is 0.251 e. The fraction of sp³-hybridized carbons (Fsp3) is 0.296. The summed E-state index contributed by atoms with van der Waals surface area (Å²) < 4.78 is 5.31. The van der Waals surface area contributed by atoms with Gasteiger partial charge in [0.15, 0.2) is 0 Å². The van der Waals surface area contributed by atoms with E-state index in [1.807, 2.05) is 24.3 Å². The lowest BCUT2D eigenvalue weighted by atomic mass is 10.1. The zero-order chi connectivity index (χ0) is 24.6. The number of aromatic nitrogens is 2. The lowest BCUT2D eigenvalue weighted by molar-refractivity contribution is 0.0962. The van der Waals surface area contributed by atoms with Crippen LogP contribution in [0.4, 0.5) is 17.3 Å². The average molecular weight is 473 g/mol. The molecule has 2 aromatic carbocycles. The molecule has 2 N–H and O–H groups in total. The lowest BCUT2D eigenvalue weighted by Crippen LogP contribution is -2.46. The van der Waals surface area contributed by atoms with Crippen molar-refractivity contribution in [1.29, 1.82) is 0 Å². The lowest BCUT2D eigenvalue weighted by Gasteiger charge is -2.35. The number of anilines is 3. The molecule has 35 heavy (non-hydrogen) atoms. The molecule has 0 spiro atoms. The minimum atomic E-state index is -0.163. The highest BCUT2D eigenvalue weighted by molar-refractivity contribution is 5.95. The van der Waals surface area contributed by atoms with Gasteiger partial charge < -0.3 is 25.2 Å². The highest BCUT2D eigenvalue weighted by Crippen LogP contribution is 2.22. The van der Waals surface area contributed by atoms with Crippen LogP contribution in [0.2, 0.25) is 0 Å². The molecule has 1 amide bonds. The van der Waals surface area contributed by atoms with Crippen molar-refractivity contribution < 1.29 is 9.53 Å². The van der Waals surface area contributed by atoms with Crippen LogP contribution < -0.4 is 20.3 Å². The summed E-state index contributed by atoms with van der Waals surface area (Å²) in [5, 5.41) is 5.89. The quantitative estimate of drug-likeness (QED) is 0.515. The average Bonchev–Trinajstić information content (AvgIpc) is 2.92. The molecule has 8 nitrogen and oxygen atoms in total. The minimum absolute atomic E-state index is 0.163. The Kier molecular flexibility index (Phi) is 7.95. The van der Waals surface area contributed by atoms with Crippen LogP contribution in [-0.4, -0.2) is 67.7 Å². The fourth-order valence-corrected chi connectivity index (χ4v) is 4.00. The third-order valence-electron chi connectivity index (χ3n) is 6.10. The van der Waals surface area contributed by atoms with E-state index in [0.717, 1.165) is 49.5 Å². The molecule has 4 rings (SSSR count). The number of likely N-dealkylation sites (N-methyl/N-ethyl adjacent to an activating group) is 1. The molecular weight excluding hydrogens is 440 g/mol. The number of ether oxygens (including phenoxy) is 1. The first kappa shape index (κ1) is 24.2. The van der Waals surface area contributed by atoms with Crippen LogP contribution in [0.3, 0.4) is 0 Å². The molecule has 0 radical (unpaired) electrons. The number of hydrogen-bond acceptors (Lipinski definition) is 7. The van der Waals surface area contributed by atoms with E-state index in [-0.39, 0.29) is 5.91 Å². The Morgan fingerprint density at radius 3 is 2.31 bits per heavy atom. The summed E-state index contributed by atoms with van der Waals surface area (Å²) in [6.45, 7) is 7.66. The van der Waals surface area contributed by atoms with Gasteiger partial charge in [-0.25, -0.2) is 9.97 Å². The predicted molar refractivity (Wildman–Crippen MR) is 141 cm³/mol. The van der Waals surface area contributed by atoms with Crippen LogP contribution in [0, 0.1) is 0 Å². The number of benzene rings is 2. The normalized spacial score (nSPS) is 14.2. The van der Waals surface area contributed by atoms with Crippen LogP contribution in [-0.2, 0) is 0 Å². The molecule has 3 aromatic rings. The maximum atomic E-state index is 12.0. The third kappa shape index (κ3) is 6.36. The maximum absolute atomic E-state index is 12.0. The first-order valence-corrected chi connectivity index (χ1v) is 11.8. The second-order valence-electron chi connectivity index (χ2n) is 8.34. The van der Waals surface area contributed by atoms with Crippen LogP contribution in [0.1, 0.15) is 28.4 Å². The van der Waals surface area contributed by atoms with E-state index in [2.05, 4.69) is 61.6 Å². The standard InChI is InChI=1S/C27H32N6O2/c1-4-32-11-13-33(14-12-32)24-9-7-23(8-10-24)31-27-29-18-21(19-30-27)6-5-20-15-22(26(34)28-2)17-25(16-20)35-3/h5-10,15-19H,4,11-14H2,1-3H3,(H,28,34)(H,29,30,31). The number of carbonyl (C=O) groups is 1. The summed E-state index contributed by atoms with van der Waals surface area (Å²) in [6.07, 6.45) is 7.32. The summed E-state index contributed by atoms with van der Waals surface area (Å²) in [5.74, 6) is 0.995. The monoisotopic (exact) mass is 472 g/mol. The van der Waals surface area contributed by atoms with Crippen molar-refractivity contribution in [2.24, 2.45) is 0 Å². The van der Waals surface area contributed by atoms with Crippen molar-refractivity contribution in [3.05, 3.63) is 71.5 Å². The van der Waals surface area contributed by atoms with Gasteiger partial charge in [-0.2, -0.15) is 0 Å². The topological polar surface area (TPSA) is 82.6 Å². The molecule has 1 saturated heterocycles. The summed E-state index contributed by atoms with van der Waals surface area (Å²) in [5.41, 5.74) is 4.42. The summed E-state index contributed by atoms with van der Waals surface area (Å²) in [4.78, 5) is 25.8. The van der Waals surface area contributed by atoms with Crippen molar-refractivity contribution in [3.63, 3.8) is 0 Å². The van der Waals surface area contributed by atoms with Gasteiger partial charge in [0.25, 0.3) is 5.91 Å². The zero-order valence-electron chi connectivity index (χ0n) is 20.5. The van der Waals surface area contributed by atoms with E-state index in [4.69, 9.17) is 4.74 Å². The minimum Gasteiger partial charge on any atom is -0.497 e. The van der Waals surface area contributed by atoms with Crippen LogP contribution >= 0.6 is 0 Å². The Labute approximate surface area is 206 Å². The number of hydrogen-bond donors (Lipinski definition) is 2. The molecule has 1 aromatic heterocycles. The molecule has 8 heteroatoms. The summed E-state index contributed by atoms with van der Waals surface area (Å²) in [6, 6.07) is 13.8. The molecule has 2 heterocycles. The highest BCUT2D eigenvalue weighted by atomic mass is 16.5. The predicted octanol–water partition coefficient (Wildman–Crippen LogP) is 3.90. The van der Waals surface area contributed by atoms with Gasteiger partial charge in [0, 0.05) is 68.1 Å². The molecule has 182 valence electrons. The number of nitrogens with zero attached hydrogens (tertiary/aromatic N) is 4. The number of amides is 1. The molecule has 0 aliphatic carbocycles. The number of piperazine rings is 1. The molecule has 1 fully saturated rings. The number of rotatable bonds is 8. The van der Waals surface area contributed by atoms with Crippen LogP contribution in [0.25, 0.3) is 12.2 Å². The summed E-state index contributed by atoms with van der Waals surface area (Å²) >= 11 is 0. The largest absolute Gasteiger partial charge is 0.497 e. The Hall–Kier alpha value is -3.91. The van der Waals surface area contributed by atoms with Gasteiger partial charge in [0.05, 0.1) is 7.11 Å². The van der Waals surface area contributed by atoms with E-state index in [1.165, 1.54) is 5.69 Å². The van der Waals surface area contributed by atoms with E-state index in [0.29, 0.717) is 17.3 Å². The second kappa shape index (κ2) is 11.5. The molecule has 1 aliphatic heterocycles.